The van der Waals surface area contributed by atoms with Crippen LogP contribution in [0.25, 0.3) is 0 Å². The summed E-state index contributed by atoms with van der Waals surface area (Å²) in [6.07, 6.45) is 2.51. The van der Waals surface area contributed by atoms with Gasteiger partial charge in [-0.25, -0.2) is 4.68 Å². The first-order valence-corrected chi connectivity index (χ1v) is 7.63. The van der Waals surface area contributed by atoms with Crippen molar-refractivity contribution in [1.29, 1.82) is 0 Å². The molecule has 1 aromatic heterocycles. The van der Waals surface area contributed by atoms with E-state index in [1.54, 1.807) is 0 Å². The van der Waals surface area contributed by atoms with Crippen molar-refractivity contribution in [2.24, 2.45) is 0 Å². The summed E-state index contributed by atoms with van der Waals surface area (Å²) >= 11 is 6.03. The Kier molecular flexibility index (Phi) is 6.44. The fourth-order valence-corrected chi connectivity index (χ4v) is 2.52. The van der Waals surface area contributed by atoms with Crippen molar-refractivity contribution in [3.05, 3.63) is 21.6 Å². The van der Waals surface area contributed by atoms with E-state index in [2.05, 4.69) is 20.6 Å². The van der Waals surface area contributed by atoms with Crippen LogP contribution >= 0.6 is 11.6 Å². The second-order valence-electron chi connectivity index (χ2n) is 5.00. The number of aliphatic hydroxyl groups excluding tert-OH is 1. The molecular formula is C13H22ClN5O2. The monoisotopic (exact) mass is 315 g/mol. The van der Waals surface area contributed by atoms with E-state index in [4.69, 9.17) is 16.7 Å². The van der Waals surface area contributed by atoms with Gasteiger partial charge >= 0.3 is 0 Å². The molecule has 2 rings (SSSR count). The molecule has 2 heterocycles. The molecule has 0 radical (unpaired) electrons. The van der Waals surface area contributed by atoms with E-state index >= 15 is 0 Å². The largest absolute Gasteiger partial charge is 0.394 e. The summed E-state index contributed by atoms with van der Waals surface area (Å²) in [7, 11) is 0. The Morgan fingerprint density at radius 1 is 1.38 bits per heavy atom. The highest BCUT2D eigenvalue weighted by Crippen LogP contribution is 2.14. The maximum absolute atomic E-state index is 11.9. The number of nitrogens with zero attached hydrogens (tertiary/aromatic N) is 3. The van der Waals surface area contributed by atoms with Crippen LogP contribution in [0.1, 0.15) is 6.42 Å². The molecule has 21 heavy (non-hydrogen) atoms. The predicted molar refractivity (Wildman–Crippen MR) is 83.0 cm³/mol. The Morgan fingerprint density at radius 2 is 2.14 bits per heavy atom. The van der Waals surface area contributed by atoms with Crippen molar-refractivity contribution in [3.63, 3.8) is 0 Å². The van der Waals surface area contributed by atoms with E-state index < -0.39 is 0 Å². The zero-order valence-corrected chi connectivity index (χ0v) is 12.8. The standard InChI is InChI=1S/C13H22ClN5O2/c14-12-11(10-17-19(8-9-20)13(12)21)16-2-1-5-18-6-3-15-4-7-18/h10,15-16,20H,1-9H2. The number of piperazine rings is 1. The van der Waals surface area contributed by atoms with E-state index in [-0.39, 0.29) is 23.7 Å². The van der Waals surface area contributed by atoms with Crippen LogP contribution in [0, 0.1) is 0 Å². The summed E-state index contributed by atoms with van der Waals surface area (Å²) in [5.41, 5.74) is 0.175. The zero-order chi connectivity index (χ0) is 15.1. The number of hydrogen-bond donors (Lipinski definition) is 3. The van der Waals surface area contributed by atoms with Gasteiger partial charge in [-0.2, -0.15) is 5.10 Å². The lowest BCUT2D eigenvalue weighted by molar-refractivity contribution is 0.240. The molecule has 0 bridgehead atoms. The molecule has 0 spiro atoms. The quantitative estimate of drug-likeness (QED) is 0.594. The van der Waals surface area contributed by atoms with Gasteiger partial charge in [0.25, 0.3) is 5.56 Å². The number of rotatable bonds is 7. The third-order valence-electron chi connectivity index (χ3n) is 3.47. The molecule has 8 heteroatoms. The lowest BCUT2D eigenvalue weighted by Crippen LogP contribution is -2.44. The molecular weight excluding hydrogens is 294 g/mol. The summed E-state index contributed by atoms with van der Waals surface area (Å²) < 4.78 is 1.16. The van der Waals surface area contributed by atoms with Gasteiger partial charge in [0, 0.05) is 32.7 Å². The molecule has 1 aromatic rings. The van der Waals surface area contributed by atoms with Gasteiger partial charge in [-0.3, -0.25) is 4.79 Å². The lowest BCUT2D eigenvalue weighted by atomic mass is 10.3. The summed E-state index contributed by atoms with van der Waals surface area (Å²) in [5.74, 6) is 0. The fourth-order valence-electron chi connectivity index (χ4n) is 2.30. The van der Waals surface area contributed by atoms with Gasteiger partial charge in [-0.05, 0) is 13.0 Å². The van der Waals surface area contributed by atoms with Crippen LogP contribution in [-0.4, -0.2) is 65.7 Å². The van der Waals surface area contributed by atoms with Crippen molar-refractivity contribution in [3.8, 4) is 0 Å². The SMILES string of the molecule is O=c1c(Cl)c(NCCCN2CCNCC2)cnn1CCO. The third kappa shape index (κ3) is 4.67. The number of halogens is 1. The molecule has 0 unspecified atom stereocenters. The molecule has 0 saturated carbocycles. The second kappa shape index (κ2) is 8.33. The molecule has 1 aliphatic heterocycles. The smallest absolute Gasteiger partial charge is 0.287 e. The molecule has 0 amide bonds. The van der Waals surface area contributed by atoms with Crippen molar-refractivity contribution in [1.82, 2.24) is 20.0 Å². The number of aliphatic hydroxyl groups is 1. The Bertz CT molecular complexity index is 502. The number of aromatic nitrogens is 2. The van der Waals surface area contributed by atoms with Crippen molar-refractivity contribution in [2.45, 2.75) is 13.0 Å². The predicted octanol–water partition coefficient (Wildman–Crippen LogP) is -0.404. The molecule has 3 N–H and O–H groups in total. The summed E-state index contributed by atoms with van der Waals surface area (Å²) in [4.78, 5) is 14.3. The van der Waals surface area contributed by atoms with Crippen LogP contribution in [0.3, 0.4) is 0 Å². The molecule has 1 saturated heterocycles. The highest BCUT2D eigenvalue weighted by atomic mass is 35.5. The van der Waals surface area contributed by atoms with Crippen molar-refractivity contribution < 1.29 is 5.11 Å². The molecule has 118 valence electrons. The first-order valence-electron chi connectivity index (χ1n) is 7.26. The minimum Gasteiger partial charge on any atom is -0.394 e. The summed E-state index contributed by atoms with van der Waals surface area (Å²) in [6.45, 7) is 6.05. The van der Waals surface area contributed by atoms with Crippen molar-refractivity contribution >= 4 is 17.3 Å². The third-order valence-corrected chi connectivity index (χ3v) is 3.84. The average molecular weight is 316 g/mol. The highest BCUT2D eigenvalue weighted by molar-refractivity contribution is 6.32. The molecule has 0 aliphatic carbocycles. The minimum atomic E-state index is -0.377. The van der Waals surface area contributed by atoms with Gasteiger partial charge in [-0.15, -0.1) is 0 Å². The molecule has 0 aromatic carbocycles. The van der Waals surface area contributed by atoms with E-state index in [0.717, 1.165) is 50.4 Å². The Morgan fingerprint density at radius 3 is 2.86 bits per heavy atom. The van der Waals surface area contributed by atoms with Gasteiger partial charge in [0.05, 0.1) is 25.0 Å². The van der Waals surface area contributed by atoms with Crippen LogP contribution in [-0.2, 0) is 6.54 Å². The molecule has 1 fully saturated rings. The lowest BCUT2D eigenvalue weighted by Gasteiger charge is -2.27. The van der Waals surface area contributed by atoms with E-state index in [0.29, 0.717) is 5.69 Å². The van der Waals surface area contributed by atoms with Crippen molar-refractivity contribution in [2.75, 3.05) is 51.2 Å². The van der Waals surface area contributed by atoms with Gasteiger partial charge in [0.15, 0.2) is 0 Å². The average Bonchev–Trinajstić information content (AvgIpc) is 2.51. The maximum Gasteiger partial charge on any atom is 0.287 e. The Labute approximate surface area is 128 Å². The topological polar surface area (TPSA) is 82.4 Å². The van der Waals surface area contributed by atoms with E-state index in [9.17, 15) is 4.79 Å². The normalized spacial score (nSPS) is 16.1. The van der Waals surface area contributed by atoms with Crippen LogP contribution in [0.5, 0.6) is 0 Å². The Hall–Kier alpha value is -1.15. The first-order chi connectivity index (χ1) is 10.2. The van der Waals surface area contributed by atoms with Crippen LogP contribution in [0.2, 0.25) is 5.02 Å². The van der Waals surface area contributed by atoms with Crippen LogP contribution in [0.4, 0.5) is 5.69 Å². The van der Waals surface area contributed by atoms with Gasteiger partial charge in [-0.1, -0.05) is 11.6 Å². The molecule has 0 atom stereocenters. The number of anilines is 1. The second-order valence-corrected chi connectivity index (χ2v) is 5.37. The fraction of sp³-hybridized carbons (Fsp3) is 0.692. The van der Waals surface area contributed by atoms with Gasteiger partial charge in [0.2, 0.25) is 0 Å². The van der Waals surface area contributed by atoms with E-state index in [1.807, 2.05) is 0 Å². The first kappa shape index (κ1) is 16.2. The van der Waals surface area contributed by atoms with Crippen LogP contribution in [0.15, 0.2) is 11.0 Å². The van der Waals surface area contributed by atoms with Gasteiger partial charge in [0.1, 0.15) is 5.02 Å². The Balaban J connectivity index is 1.80. The minimum absolute atomic E-state index is 0.126. The van der Waals surface area contributed by atoms with E-state index in [1.165, 1.54) is 6.20 Å². The summed E-state index contributed by atoms with van der Waals surface area (Å²) in [5, 5.41) is 19.4. The molecule has 1 aliphatic rings. The molecule has 7 nitrogen and oxygen atoms in total. The zero-order valence-electron chi connectivity index (χ0n) is 12.0. The number of hydrogen-bond acceptors (Lipinski definition) is 6. The number of nitrogens with one attached hydrogen (secondary N) is 2. The maximum atomic E-state index is 11.9. The summed E-state index contributed by atoms with van der Waals surface area (Å²) in [6, 6.07) is 0. The highest BCUT2D eigenvalue weighted by Gasteiger charge is 2.10. The van der Waals surface area contributed by atoms with Gasteiger partial charge < -0.3 is 20.6 Å². The van der Waals surface area contributed by atoms with Crippen LogP contribution < -0.4 is 16.2 Å².